The molecule has 242 valence electrons. The number of aromatic nitrogens is 1. The molecule has 1 saturated heterocycles. The van der Waals surface area contributed by atoms with Crippen LogP contribution in [0.5, 0.6) is 11.6 Å². The zero-order chi connectivity index (χ0) is 31.9. The van der Waals surface area contributed by atoms with Crippen molar-refractivity contribution in [2.45, 2.75) is 82.7 Å². The van der Waals surface area contributed by atoms with Crippen LogP contribution in [-0.4, -0.2) is 55.1 Å². The predicted molar refractivity (Wildman–Crippen MR) is 161 cm³/mol. The molecule has 3 aliphatic rings. The molecule has 1 amide bonds. The summed E-state index contributed by atoms with van der Waals surface area (Å²) in [6.45, 7) is 8.04. The molecule has 1 saturated carbocycles. The van der Waals surface area contributed by atoms with Gasteiger partial charge in [0.1, 0.15) is 16.4 Å². The zero-order valence-corrected chi connectivity index (χ0v) is 26.6. The first-order valence-electron chi connectivity index (χ1n) is 15.5. The highest BCUT2D eigenvalue weighted by Crippen LogP contribution is 2.49. The Bertz CT molecular complexity index is 1640. The summed E-state index contributed by atoms with van der Waals surface area (Å²) < 4.78 is 68.5. The van der Waals surface area contributed by atoms with E-state index in [4.69, 9.17) is 13.4 Å². The third kappa shape index (κ3) is 6.31. The van der Waals surface area contributed by atoms with E-state index in [0.717, 1.165) is 50.8 Å². The van der Waals surface area contributed by atoms with Crippen LogP contribution in [0.1, 0.15) is 80.7 Å². The number of amides is 1. The molecule has 2 aromatic carbocycles. The Hall–Kier alpha value is -3.51. The SMILES string of the molecule is Cc1ccc(S(=O)(=O)Oc2cc(C3CCN([C@H]4CC[C@@](C(=O)N5COc6ccc(C(F)F)cc6C5)(C(C)C)C4)CC3)on2)cc1. The molecule has 0 radical (unpaired) electrons. The van der Waals surface area contributed by atoms with Crippen molar-refractivity contribution in [2.24, 2.45) is 11.3 Å². The molecule has 9 nitrogen and oxygen atoms in total. The summed E-state index contributed by atoms with van der Waals surface area (Å²) in [6, 6.07) is 12.6. The molecule has 0 N–H and O–H groups in total. The molecule has 1 aliphatic carbocycles. The van der Waals surface area contributed by atoms with Crippen LogP contribution in [0.15, 0.2) is 57.9 Å². The Labute approximate surface area is 262 Å². The molecule has 3 heterocycles. The van der Waals surface area contributed by atoms with Gasteiger partial charge in [0, 0.05) is 29.2 Å². The number of rotatable bonds is 8. The van der Waals surface area contributed by atoms with Gasteiger partial charge in [0.2, 0.25) is 5.91 Å². The van der Waals surface area contributed by atoms with Gasteiger partial charge in [0.05, 0.1) is 12.0 Å². The maximum atomic E-state index is 14.1. The van der Waals surface area contributed by atoms with Crippen molar-refractivity contribution in [1.29, 1.82) is 0 Å². The number of nitrogens with zero attached hydrogens (tertiary/aromatic N) is 3. The molecule has 12 heteroatoms. The molecule has 45 heavy (non-hydrogen) atoms. The summed E-state index contributed by atoms with van der Waals surface area (Å²) >= 11 is 0. The zero-order valence-electron chi connectivity index (χ0n) is 25.7. The number of benzene rings is 2. The first-order valence-corrected chi connectivity index (χ1v) is 16.9. The largest absolute Gasteiger partial charge is 0.473 e. The van der Waals surface area contributed by atoms with Crippen molar-refractivity contribution >= 4 is 16.0 Å². The highest BCUT2D eigenvalue weighted by Gasteiger charge is 2.51. The Morgan fingerprint density at radius 1 is 1.07 bits per heavy atom. The third-order valence-corrected chi connectivity index (χ3v) is 11.1. The van der Waals surface area contributed by atoms with Crippen molar-refractivity contribution < 1.29 is 35.4 Å². The van der Waals surface area contributed by atoms with Gasteiger partial charge in [0.25, 0.3) is 12.3 Å². The minimum absolute atomic E-state index is 0.0257. The number of aryl methyl sites for hydroxylation is 1. The lowest BCUT2D eigenvalue weighted by atomic mass is 9.74. The first-order chi connectivity index (χ1) is 21.4. The van der Waals surface area contributed by atoms with Crippen molar-refractivity contribution in [3.8, 4) is 11.6 Å². The average Bonchev–Trinajstić information content (AvgIpc) is 3.69. The van der Waals surface area contributed by atoms with Gasteiger partial charge < -0.3 is 23.2 Å². The maximum absolute atomic E-state index is 14.1. The van der Waals surface area contributed by atoms with Crippen LogP contribution in [0.4, 0.5) is 8.78 Å². The van der Waals surface area contributed by atoms with Crippen LogP contribution in [0.2, 0.25) is 0 Å². The molecular formula is C33H39F2N3O6S. The first kappa shape index (κ1) is 31.5. The van der Waals surface area contributed by atoms with Gasteiger partial charge in [-0.2, -0.15) is 8.42 Å². The Kier molecular flexibility index (Phi) is 8.64. The van der Waals surface area contributed by atoms with Crippen LogP contribution in [0.25, 0.3) is 0 Å². The van der Waals surface area contributed by atoms with E-state index in [1.54, 1.807) is 29.2 Å². The molecule has 3 aromatic rings. The van der Waals surface area contributed by atoms with Crippen LogP contribution in [0, 0.1) is 18.3 Å². The minimum Gasteiger partial charge on any atom is -0.473 e. The van der Waals surface area contributed by atoms with Gasteiger partial charge in [0.15, 0.2) is 6.73 Å². The van der Waals surface area contributed by atoms with Crippen LogP contribution in [-0.2, 0) is 21.5 Å². The van der Waals surface area contributed by atoms with E-state index < -0.39 is 22.0 Å². The Balaban J connectivity index is 1.06. The Morgan fingerprint density at radius 2 is 1.80 bits per heavy atom. The third-order valence-electron chi connectivity index (χ3n) is 9.88. The number of hydrogen-bond acceptors (Lipinski definition) is 8. The fourth-order valence-corrected chi connectivity index (χ4v) is 7.96. The minimum atomic E-state index is -4.02. The van der Waals surface area contributed by atoms with Gasteiger partial charge in [-0.15, -0.1) is 0 Å². The second-order valence-corrected chi connectivity index (χ2v) is 14.4. The topological polar surface area (TPSA) is 102 Å². The van der Waals surface area contributed by atoms with E-state index in [1.165, 1.54) is 24.3 Å². The molecule has 0 bridgehead atoms. The van der Waals surface area contributed by atoms with E-state index in [9.17, 15) is 22.0 Å². The average molecular weight is 644 g/mol. The van der Waals surface area contributed by atoms with Gasteiger partial charge in [-0.25, -0.2) is 8.78 Å². The number of likely N-dealkylation sites (tertiary alicyclic amines) is 1. The number of piperidine rings is 1. The number of ether oxygens (including phenoxy) is 1. The van der Waals surface area contributed by atoms with Gasteiger partial charge in [-0.1, -0.05) is 31.5 Å². The quantitative estimate of drug-likeness (QED) is 0.259. The van der Waals surface area contributed by atoms with Crippen molar-refractivity contribution in [3.05, 3.63) is 71.0 Å². The molecule has 1 aromatic heterocycles. The van der Waals surface area contributed by atoms with E-state index in [1.807, 2.05) is 6.92 Å². The van der Waals surface area contributed by atoms with Crippen LogP contribution >= 0.6 is 0 Å². The normalized spacial score (nSPS) is 22.9. The Morgan fingerprint density at radius 3 is 2.49 bits per heavy atom. The number of fused-ring (bicyclic) bond motifs is 1. The number of hydrogen-bond donors (Lipinski definition) is 0. The second-order valence-electron chi connectivity index (χ2n) is 12.9. The lowest BCUT2D eigenvalue weighted by Crippen LogP contribution is -2.49. The van der Waals surface area contributed by atoms with Crippen molar-refractivity contribution in [2.75, 3.05) is 19.8 Å². The lowest BCUT2D eigenvalue weighted by molar-refractivity contribution is -0.150. The van der Waals surface area contributed by atoms with Gasteiger partial charge in [-0.3, -0.25) is 4.79 Å². The van der Waals surface area contributed by atoms with Gasteiger partial charge in [-0.05, 0) is 93.5 Å². The summed E-state index contributed by atoms with van der Waals surface area (Å²) in [6.07, 6.45) is 1.41. The molecule has 6 rings (SSSR count). The number of halogens is 2. The smallest absolute Gasteiger partial charge is 0.340 e. The molecule has 0 unspecified atom stereocenters. The predicted octanol–water partition coefficient (Wildman–Crippen LogP) is 6.44. The van der Waals surface area contributed by atoms with Crippen LogP contribution < -0.4 is 8.92 Å². The highest BCUT2D eigenvalue weighted by molar-refractivity contribution is 7.87. The summed E-state index contributed by atoms with van der Waals surface area (Å²) in [5.74, 6) is 1.27. The van der Waals surface area contributed by atoms with Crippen molar-refractivity contribution in [3.63, 3.8) is 0 Å². The molecule has 2 atom stereocenters. The maximum Gasteiger partial charge on any atom is 0.340 e. The lowest BCUT2D eigenvalue weighted by Gasteiger charge is -2.40. The highest BCUT2D eigenvalue weighted by atomic mass is 32.2. The summed E-state index contributed by atoms with van der Waals surface area (Å²) in [5.41, 5.74) is 0.925. The molecule has 2 fully saturated rings. The molecular weight excluding hydrogens is 604 g/mol. The van der Waals surface area contributed by atoms with Gasteiger partial charge >= 0.3 is 10.1 Å². The monoisotopic (exact) mass is 643 g/mol. The van der Waals surface area contributed by atoms with E-state index in [2.05, 4.69) is 23.9 Å². The summed E-state index contributed by atoms with van der Waals surface area (Å²) in [7, 11) is -4.02. The fraction of sp³-hybridized carbons (Fsp3) is 0.515. The second kappa shape index (κ2) is 12.4. The van der Waals surface area contributed by atoms with E-state index in [-0.39, 0.29) is 53.4 Å². The standard InChI is InChI=1S/C33H39F2N3O6S/c1-21(2)33(32(39)38-19-25-16-24(31(34)35)6-9-28(25)42-20-38)13-10-26(18-33)37-14-11-23(12-15-37)29-17-30(36-43-29)44-45(40,41)27-7-4-22(3)5-8-27/h4-9,16-17,21,23,26,31H,10-15,18-20H2,1-3H3/t26-,33-/m0/s1. The fourth-order valence-electron chi connectivity index (χ4n) is 7.09. The number of carbonyl (C=O) groups is 1. The summed E-state index contributed by atoms with van der Waals surface area (Å²) in [5, 5.41) is 3.87. The van der Waals surface area contributed by atoms with Crippen molar-refractivity contribution in [1.82, 2.24) is 15.0 Å². The number of alkyl halides is 2. The number of carbonyl (C=O) groups excluding carboxylic acids is 1. The summed E-state index contributed by atoms with van der Waals surface area (Å²) in [4.78, 5) is 18.2. The van der Waals surface area contributed by atoms with E-state index >= 15 is 0 Å². The molecule has 0 spiro atoms. The molecule has 2 aliphatic heterocycles. The van der Waals surface area contributed by atoms with Crippen LogP contribution in [0.3, 0.4) is 0 Å². The van der Waals surface area contributed by atoms with E-state index in [0.29, 0.717) is 17.1 Å².